The van der Waals surface area contributed by atoms with Crippen LogP contribution in [0.4, 0.5) is 0 Å². The van der Waals surface area contributed by atoms with Crippen LogP contribution in [-0.4, -0.2) is 32.4 Å². The number of nitrogens with zero attached hydrogens (tertiary/aromatic N) is 4. The summed E-state index contributed by atoms with van der Waals surface area (Å²) in [5, 5.41) is 25.8. The smallest absolute Gasteiger partial charge is 0.192 e. The predicted octanol–water partition coefficient (Wildman–Crippen LogP) is 3.09. The standard InChI is InChI=1S/C22H30N6O2.HI/c1-15-11-19(16(2)30-15)22(4,29)14-25-21(23-12-18-9-7-6-8-10-18)24-13-20-27-26-17(3)28(20)5;/h6-11,29H,12-14H2,1-5H3,(H2,23,24,25);1H. The van der Waals surface area contributed by atoms with Crippen molar-refractivity contribution in [3.05, 3.63) is 70.7 Å². The molecule has 3 aromatic rings. The monoisotopic (exact) mass is 538 g/mol. The molecule has 2 heterocycles. The van der Waals surface area contributed by atoms with E-state index in [0.29, 0.717) is 24.8 Å². The normalized spacial score (nSPS) is 13.4. The van der Waals surface area contributed by atoms with Crippen LogP contribution in [0.3, 0.4) is 0 Å². The van der Waals surface area contributed by atoms with Crippen molar-refractivity contribution in [2.75, 3.05) is 6.54 Å². The van der Waals surface area contributed by atoms with Gasteiger partial charge in [-0.15, -0.1) is 34.2 Å². The number of aliphatic hydroxyl groups is 1. The summed E-state index contributed by atoms with van der Waals surface area (Å²) < 4.78 is 7.51. The SMILES string of the molecule is Cc1cc(C(C)(O)CNC(=NCc2ccccc2)NCc2nnc(C)n2C)c(C)o1.I. The van der Waals surface area contributed by atoms with E-state index in [1.54, 1.807) is 6.92 Å². The highest BCUT2D eigenvalue weighted by Gasteiger charge is 2.28. The Balaban J connectivity index is 0.00000341. The van der Waals surface area contributed by atoms with Crippen molar-refractivity contribution in [2.45, 2.75) is 46.4 Å². The zero-order valence-electron chi connectivity index (χ0n) is 18.6. The Labute approximate surface area is 200 Å². The van der Waals surface area contributed by atoms with Crippen molar-refractivity contribution < 1.29 is 9.52 Å². The van der Waals surface area contributed by atoms with Crippen LogP contribution in [0.5, 0.6) is 0 Å². The first-order chi connectivity index (χ1) is 14.3. The zero-order valence-corrected chi connectivity index (χ0v) is 21.0. The molecule has 9 heteroatoms. The van der Waals surface area contributed by atoms with Crippen molar-refractivity contribution >= 4 is 29.9 Å². The number of aromatic nitrogens is 3. The van der Waals surface area contributed by atoms with Crippen LogP contribution in [0.15, 0.2) is 45.8 Å². The molecule has 31 heavy (non-hydrogen) atoms. The summed E-state index contributed by atoms with van der Waals surface area (Å²) in [7, 11) is 1.93. The molecule has 1 atom stereocenters. The summed E-state index contributed by atoms with van der Waals surface area (Å²) in [6.07, 6.45) is 0. The summed E-state index contributed by atoms with van der Waals surface area (Å²) in [4.78, 5) is 4.67. The minimum Gasteiger partial charge on any atom is -0.466 e. The third-order valence-electron chi connectivity index (χ3n) is 5.08. The van der Waals surface area contributed by atoms with Gasteiger partial charge in [-0.25, -0.2) is 4.99 Å². The van der Waals surface area contributed by atoms with Crippen LogP contribution >= 0.6 is 24.0 Å². The second-order valence-electron chi connectivity index (χ2n) is 7.68. The second kappa shape index (κ2) is 10.8. The number of nitrogens with one attached hydrogen (secondary N) is 2. The van der Waals surface area contributed by atoms with Gasteiger partial charge in [0.1, 0.15) is 22.9 Å². The summed E-state index contributed by atoms with van der Waals surface area (Å²) in [5.74, 6) is 3.71. The van der Waals surface area contributed by atoms with Gasteiger partial charge in [0.25, 0.3) is 0 Å². The Morgan fingerprint density at radius 2 is 1.87 bits per heavy atom. The van der Waals surface area contributed by atoms with Gasteiger partial charge in [-0.1, -0.05) is 30.3 Å². The first kappa shape index (κ1) is 24.9. The van der Waals surface area contributed by atoms with E-state index < -0.39 is 5.60 Å². The highest BCUT2D eigenvalue weighted by atomic mass is 127. The van der Waals surface area contributed by atoms with Crippen LogP contribution in [-0.2, 0) is 25.7 Å². The average Bonchev–Trinajstić information content (AvgIpc) is 3.23. The van der Waals surface area contributed by atoms with Gasteiger partial charge in [-0.05, 0) is 39.3 Å². The summed E-state index contributed by atoms with van der Waals surface area (Å²) in [6.45, 7) is 8.64. The molecule has 0 fully saturated rings. The molecule has 0 amide bonds. The molecule has 3 N–H and O–H groups in total. The molecule has 0 bridgehead atoms. The number of aryl methyl sites for hydroxylation is 3. The lowest BCUT2D eigenvalue weighted by Gasteiger charge is -2.24. The Morgan fingerprint density at radius 1 is 1.16 bits per heavy atom. The molecule has 0 aliphatic rings. The minimum atomic E-state index is -1.11. The minimum absolute atomic E-state index is 0. The van der Waals surface area contributed by atoms with E-state index in [2.05, 4.69) is 25.8 Å². The molecule has 1 unspecified atom stereocenters. The van der Waals surface area contributed by atoms with Crippen LogP contribution in [0.2, 0.25) is 0 Å². The Kier molecular flexibility index (Phi) is 8.63. The molecule has 8 nitrogen and oxygen atoms in total. The van der Waals surface area contributed by atoms with Gasteiger partial charge in [-0.3, -0.25) is 0 Å². The maximum absolute atomic E-state index is 11.0. The number of benzene rings is 1. The first-order valence-corrected chi connectivity index (χ1v) is 9.97. The second-order valence-corrected chi connectivity index (χ2v) is 7.68. The van der Waals surface area contributed by atoms with Crippen molar-refractivity contribution in [1.29, 1.82) is 0 Å². The van der Waals surface area contributed by atoms with E-state index >= 15 is 0 Å². The fourth-order valence-electron chi connectivity index (χ4n) is 3.21. The highest BCUT2D eigenvalue weighted by molar-refractivity contribution is 14.0. The predicted molar refractivity (Wildman–Crippen MR) is 131 cm³/mol. The lowest BCUT2D eigenvalue weighted by atomic mass is 9.96. The summed E-state index contributed by atoms with van der Waals surface area (Å²) in [5.41, 5.74) is 0.748. The van der Waals surface area contributed by atoms with E-state index in [9.17, 15) is 5.11 Å². The molecule has 168 valence electrons. The van der Waals surface area contributed by atoms with Crippen molar-refractivity contribution in [3.63, 3.8) is 0 Å². The molecule has 0 radical (unpaired) electrons. The fourth-order valence-corrected chi connectivity index (χ4v) is 3.21. The van der Waals surface area contributed by atoms with Crippen molar-refractivity contribution in [3.8, 4) is 0 Å². The third-order valence-corrected chi connectivity index (χ3v) is 5.08. The van der Waals surface area contributed by atoms with E-state index in [1.807, 2.05) is 68.8 Å². The molecule has 1 aromatic carbocycles. The Hall–Kier alpha value is -2.40. The van der Waals surface area contributed by atoms with E-state index in [4.69, 9.17) is 4.42 Å². The molecular formula is C22H31IN6O2. The van der Waals surface area contributed by atoms with E-state index in [1.165, 1.54) is 0 Å². The van der Waals surface area contributed by atoms with Gasteiger partial charge in [0.15, 0.2) is 11.8 Å². The van der Waals surface area contributed by atoms with Crippen LogP contribution in [0.1, 0.15) is 41.2 Å². The number of aliphatic imine (C=N–C) groups is 1. The van der Waals surface area contributed by atoms with Crippen LogP contribution in [0.25, 0.3) is 0 Å². The topological polar surface area (TPSA) is 100 Å². The fraction of sp³-hybridized carbons (Fsp3) is 0.409. The van der Waals surface area contributed by atoms with Gasteiger partial charge in [0.2, 0.25) is 0 Å². The Morgan fingerprint density at radius 3 is 2.45 bits per heavy atom. The molecule has 0 saturated heterocycles. The number of halogens is 1. The molecular weight excluding hydrogens is 507 g/mol. The first-order valence-electron chi connectivity index (χ1n) is 9.97. The lowest BCUT2D eigenvalue weighted by molar-refractivity contribution is 0.0601. The summed E-state index contributed by atoms with van der Waals surface area (Å²) >= 11 is 0. The molecule has 2 aromatic heterocycles. The van der Waals surface area contributed by atoms with Crippen LogP contribution in [0, 0.1) is 20.8 Å². The lowest BCUT2D eigenvalue weighted by Crippen LogP contribution is -2.44. The average molecular weight is 538 g/mol. The number of hydrogen-bond donors (Lipinski definition) is 3. The maximum atomic E-state index is 11.0. The van der Waals surface area contributed by atoms with Crippen molar-refractivity contribution in [2.24, 2.45) is 12.0 Å². The molecule has 0 aliphatic heterocycles. The van der Waals surface area contributed by atoms with Gasteiger partial charge in [0, 0.05) is 12.6 Å². The zero-order chi connectivity index (χ0) is 21.7. The number of guanidine groups is 1. The van der Waals surface area contributed by atoms with Gasteiger partial charge in [-0.2, -0.15) is 0 Å². The molecule has 0 spiro atoms. The largest absolute Gasteiger partial charge is 0.466 e. The van der Waals surface area contributed by atoms with Crippen molar-refractivity contribution in [1.82, 2.24) is 25.4 Å². The molecule has 0 aliphatic carbocycles. The summed E-state index contributed by atoms with van der Waals surface area (Å²) in [6, 6.07) is 11.9. The van der Waals surface area contributed by atoms with E-state index in [0.717, 1.165) is 28.5 Å². The molecule has 0 saturated carbocycles. The number of furan rings is 1. The Bertz CT molecular complexity index is 1010. The van der Waals surface area contributed by atoms with Gasteiger partial charge >= 0.3 is 0 Å². The maximum Gasteiger partial charge on any atom is 0.192 e. The van der Waals surface area contributed by atoms with Gasteiger partial charge in [0.05, 0.1) is 19.6 Å². The highest BCUT2D eigenvalue weighted by Crippen LogP contribution is 2.26. The number of rotatable bonds is 7. The van der Waals surface area contributed by atoms with Gasteiger partial charge < -0.3 is 24.7 Å². The van der Waals surface area contributed by atoms with E-state index in [-0.39, 0.29) is 30.5 Å². The quantitative estimate of drug-likeness (QED) is 0.243. The van der Waals surface area contributed by atoms with Crippen LogP contribution < -0.4 is 10.6 Å². The molecule has 3 rings (SSSR count). The third kappa shape index (κ3) is 6.54. The number of hydrogen-bond acceptors (Lipinski definition) is 5.